The standard InChI is InChI=1S/C25H27F2NO/c1-5-10-19(6-2)18-28(4)24(29)16-14-20-13-15-22(21-11-8-7-9-12-21)23(17-20)25(3,26)27/h6-9,11-13,15,17H,5,10,18H2,1-4H3/b19-6+. The van der Waals surface area contributed by atoms with E-state index in [-0.39, 0.29) is 11.5 Å². The highest BCUT2D eigenvalue weighted by molar-refractivity contribution is 5.94. The number of benzene rings is 2. The van der Waals surface area contributed by atoms with E-state index in [0.29, 0.717) is 23.2 Å². The molecule has 2 aromatic carbocycles. The van der Waals surface area contributed by atoms with Crippen molar-refractivity contribution in [3.8, 4) is 23.0 Å². The molecular formula is C25H27F2NO. The van der Waals surface area contributed by atoms with Gasteiger partial charge in [-0.2, -0.15) is 0 Å². The van der Waals surface area contributed by atoms with Crippen LogP contribution in [0.5, 0.6) is 0 Å². The highest BCUT2D eigenvalue weighted by Gasteiger charge is 2.28. The second kappa shape index (κ2) is 10.0. The molecule has 2 aromatic rings. The molecule has 0 N–H and O–H groups in total. The van der Waals surface area contributed by atoms with Crippen molar-refractivity contribution in [2.45, 2.75) is 39.5 Å². The Bertz CT molecular complexity index is 931. The largest absolute Gasteiger partial charge is 0.331 e. The summed E-state index contributed by atoms with van der Waals surface area (Å²) in [5.41, 5.74) is 2.64. The molecule has 0 saturated heterocycles. The number of amides is 1. The van der Waals surface area contributed by atoms with Crippen LogP contribution in [0.25, 0.3) is 11.1 Å². The van der Waals surface area contributed by atoms with Crippen LogP contribution >= 0.6 is 0 Å². The number of alkyl halides is 2. The van der Waals surface area contributed by atoms with Gasteiger partial charge in [0.25, 0.3) is 11.8 Å². The normalized spacial score (nSPS) is 11.6. The molecule has 0 saturated carbocycles. The van der Waals surface area contributed by atoms with Gasteiger partial charge in [0.15, 0.2) is 0 Å². The number of hydrogen-bond donors (Lipinski definition) is 0. The highest BCUT2D eigenvalue weighted by atomic mass is 19.3. The zero-order valence-electron chi connectivity index (χ0n) is 17.4. The Balaban J connectivity index is 2.28. The second-order valence-electron chi connectivity index (χ2n) is 7.12. The monoisotopic (exact) mass is 395 g/mol. The summed E-state index contributed by atoms with van der Waals surface area (Å²) in [7, 11) is 1.69. The van der Waals surface area contributed by atoms with E-state index in [9.17, 15) is 13.6 Å². The maximum atomic E-state index is 14.2. The molecule has 0 fully saturated rings. The molecule has 0 aromatic heterocycles. The molecule has 2 nitrogen and oxygen atoms in total. The van der Waals surface area contributed by atoms with Gasteiger partial charge in [0.05, 0.1) is 0 Å². The van der Waals surface area contributed by atoms with Crippen LogP contribution in [0.1, 0.15) is 44.7 Å². The van der Waals surface area contributed by atoms with Crippen molar-refractivity contribution in [3.05, 3.63) is 71.3 Å². The van der Waals surface area contributed by atoms with E-state index in [1.807, 2.05) is 31.2 Å². The third-order valence-corrected chi connectivity index (χ3v) is 4.66. The average Bonchev–Trinajstić information content (AvgIpc) is 2.71. The van der Waals surface area contributed by atoms with Crippen molar-refractivity contribution in [2.75, 3.05) is 13.6 Å². The number of likely N-dealkylation sites (N-methyl/N-ethyl adjacent to an activating group) is 1. The van der Waals surface area contributed by atoms with Crippen LogP contribution in [0, 0.1) is 11.8 Å². The Kier molecular flexibility index (Phi) is 7.73. The first kappa shape index (κ1) is 22.4. The first-order valence-corrected chi connectivity index (χ1v) is 9.75. The van der Waals surface area contributed by atoms with Gasteiger partial charge in [-0.05, 0) is 36.6 Å². The number of allylic oxidation sites excluding steroid dienone is 1. The van der Waals surface area contributed by atoms with Crippen molar-refractivity contribution in [1.29, 1.82) is 0 Å². The van der Waals surface area contributed by atoms with Crippen LogP contribution in [0.15, 0.2) is 60.2 Å². The lowest BCUT2D eigenvalue weighted by atomic mass is 9.94. The predicted molar refractivity (Wildman–Crippen MR) is 115 cm³/mol. The second-order valence-corrected chi connectivity index (χ2v) is 7.12. The van der Waals surface area contributed by atoms with Gasteiger partial charge >= 0.3 is 0 Å². The van der Waals surface area contributed by atoms with Crippen LogP contribution in [-0.2, 0) is 10.7 Å². The fraction of sp³-hybridized carbons (Fsp3) is 0.320. The number of carbonyl (C=O) groups is 1. The lowest BCUT2D eigenvalue weighted by Gasteiger charge is -2.17. The van der Waals surface area contributed by atoms with Gasteiger partial charge in [-0.25, -0.2) is 8.78 Å². The van der Waals surface area contributed by atoms with E-state index < -0.39 is 5.92 Å². The van der Waals surface area contributed by atoms with Gasteiger partial charge in [-0.1, -0.05) is 67.3 Å². The molecule has 0 bridgehead atoms. The quantitative estimate of drug-likeness (QED) is 0.432. The van der Waals surface area contributed by atoms with Gasteiger partial charge in [0, 0.05) is 37.6 Å². The first-order chi connectivity index (χ1) is 13.8. The summed E-state index contributed by atoms with van der Waals surface area (Å²) in [4.78, 5) is 13.9. The minimum Gasteiger partial charge on any atom is -0.331 e. The molecule has 0 aliphatic rings. The van der Waals surface area contributed by atoms with Gasteiger partial charge in [-0.15, -0.1) is 0 Å². The van der Waals surface area contributed by atoms with Gasteiger partial charge in [0.1, 0.15) is 0 Å². The molecular weight excluding hydrogens is 368 g/mol. The third-order valence-electron chi connectivity index (χ3n) is 4.66. The van der Waals surface area contributed by atoms with Crippen LogP contribution in [0.2, 0.25) is 0 Å². The van der Waals surface area contributed by atoms with Crippen molar-refractivity contribution in [1.82, 2.24) is 4.90 Å². The third kappa shape index (κ3) is 6.29. The van der Waals surface area contributed by atoms with E-state index in [0.717, 1.165) is 19.8 Å². The van der Waals surface area contributed by atoms with Crippen molar-refractivity contribution in [3.63, 3.8) is 0 Å². The minimum absolute atomic E-state index is 0.101. The lowest BCUT2D eigenvalue weighted by Crippen LogP contribution is -2.27. The molecule has 0 aliphatic heterocycles. The van der Waals surface area contributed by atoms with Crippen molar-refractivity contribution in [2.24, 2.45) is 0 Å². The molecule has 4 heteroatoms. The molecule has 0 radical (unpaired) electrons. The predicted octanol–water partition coefficient (Wildman–Crippen LogP) is 6.02. The zero-order valence-corrected chi connectivity index (χ0v) is 17.4. The Hall–Kier alpha value is -2.93. The molecule has 152 valence electrons. The number of carbonyl (C=O) groups excluding carboxylic acids is 1. The van der Waals surface area contributed by atoms with E-state index in [1.165, 1.54) is 11.6 Å². The first-order valence-electron chi connectivity index (χ1n) is 9.75. The molecule has 29 heavy (non-hydrogen) atoms. The van der Waals surface area contributed by atoms with Crippen molar-refractivity contribution < 1.29 is 13.6 Å². The molecule has 1 amide bonds. The summed E-state index contributed by atoms with van der Waals surface area (Å²) < 4.78 is 28.5. The molecule has 0 aliphatic carbocycles. The zero-order chi connectivity index (χ0) is 21.4. The SMILES string of the molecule is C/C=C(\CCC)CN(C)C(=O)C#Cc1ccc(-c2ccccc2)c(C(C)(F)F)c1. The summed E-state index contributed by atoms with van der Waals surface area (Å²) >= 11 is 0. The van der Waals surface area contributed by atoms with Crippen LogP contribution in [0.3, 0.4) is 0 Å². The van der Waals surface area contributed by atoms with E-state index in [1.54, 1.807) is 36.2 Å². The van der Waals surface area contributed by atoms with Gasteiger partial charge in [-0.3, -0.25) is 4.79 Å². The summed E-state index contributed by atoms with van der Waals surface area (Å²) in [5.74, 6) is 1.96. The Morgan fingerprint density at radius 2 is 1.86 bits per heavy atom. The summed E-state index contributed by atoms with van der Waals surface area (Å²) in [6.07, 6.45) is 3.95. The Morgan fingerprint density at radius 3 is 2.45 bits per heavy atom. The van der Waals surface area contributed by atoms with Crippen LogP contribution < -0.4 is 0 Å². The van der Waals surface area contributed by atoms with Gasteiger partial charge < -0.3 is 4.90 Å². The maximum absolute atomic E-state index is 14.2. The van der Waals surface area contributed by atoms with Gasteiger partial charge in [0.2, 0.25) is 0 Å². The van der Waals surface area contributed by atoms with E-state index in [4.69, 9.17) is 0 Å². The summed E-state index contributed by atoms with van der Waals surface area (Å²) in [6.45, 7) is 5.43. The maximum Gasteiger partial charge on any atom is 0.298 e. The topological polar surface area (TPSA) is 20.3 Å². The molecule has 2 rings (SSSR count). The molecule has 0 spiro atoms. The van der Waals surface area contributed by atoms with Crippen molar-refractivity contribution >= 4 is 5.91 Å². The summed E-state index contributed by atoms with van der Waals surface area (Å²) in [5, 5.41) is 0. The minimum atomic E-state index is -3.02. The fourth-order valence-electron chi connectivity index (χ4n) is 3.09. The number of halogens is 2. The number of hydrogen-bond acceptors (Lipinski definition) is 1. The smallest absolute Gasteiger partial charge is 0.298 e. The number of nitrogens with zero attached hydrogens (tertiary/aromatic N) is 1. The molecule has 0 heterocycles. The Morgan fingerprint density at radius 1 is 1.17 bits per heavy atom. The number of rotatable bonds is 6. The Labute approximate surface area is 172 Å². The molecule has 0 atom stereocenters. The molecule has 0 unspecified atom stereocenters. The summed E-state index contributed by atoms with van der Waals surface area (Å²) in [6, 6.07) is 13.7. The van der Waals surface area contributed by atoms with Crippen LogP contribution in [0.4, 0.5) is 8.78 Å². The van der Waals surface area contributed by atoms with Crippen LogP contribution in [-0.4, -0.2) is 24.4 Å². The highest BCUT2D eigenvalue weighted by Crippen LogP contribution is 2.36. The average molecular weight is 395 g/mol. The fourth-order valence-corrected chi connectivity index (χ4v) is 3.09. The van der Waals surface area contributed by atoms with E-state index in [2.05, 4.69) is 18.8 Å². The van der Waals surface area contributed by atoms with E-state index >= 15 is 0 Å². The lowest BCUT2D eigenvalue weighted by molar-refractivity contribution is -0.123.